The fourth-order valence-electron chi connectivity index (χ4n) is 12.8. The van der Waals surface area contributed by atoms with E-state index in [0.29, 0.717) is 0 Å². The van der Waals surface area contributed by atoms with E-state index in [2.05, 4.69) is 272 Å². The van der Waals surface area contributed by atoms with E-state index in [-0.39, 0.29) is 5.41 Å². The molecule has 374 valence electrons. The number of allylic oxidation sites excluding steroid dienone is 3. The van der Waals surface area contributed by atoms with Crippen LogP contribution in [0, 0.1) is 0 Å². The largest absolute Gasteiger partial charge is 0.398 e. The van der Waals surface area contributed by atoms with Crippen LogP contribution in [0.2, 0.25) is 0 Å². The molecule has 0 aliphatic heterocycles. The average Bonchev–Trinajstić information content (AvgIpc) is 4.29. The Morgan fingerprint density at radius 1 is 0.416 bits per heavy atom. The Hall–Kier alpha value is -8.92. The summed E-state index contributed by atoms with van der Waals surface area (Å²) in [6, 6.07) is 87.1. The number of aromatic nitrogens is 2. The van der Waals surface area contributed by atoms with Gasteiger partial charge in [-0.05, 0) is 153 Å². The van der Waals surface area contributed by atoms with Crippen LogP contribution in [0.1, 0.15) is 80.2 Å². The summed E-state index contributed by atoms with van der Waals surface area (Å²) in [5.74, 6) is 0. The van der Waals surface area contributed by atoms with Gasteiger partial charge in [-0.2, -0.15) is 0 Å². The Labute approximate surface area is 452 Å². The highest BCUT2D eigenvalue weighted by molar-refractivity contribution is 6.10. The first kappa shape index (κ1) is 47.8. The second kappa shape index (κ2) is 20.3. The summed E-state index contributed by atoms with van der Waals surface area (Å²) >= 11 is 0. The second-order valence-corrected chi connectivity index (χ2v) is 21.2. The van der Waals surface area contributed by atoms with Crippen molar-refractivity contribution in [3.63, 3.8) is 0 Å². The molecule has 0 fully saturated rings. The van der Waals surface area contributed by atoms with Gasteiger partial charge in [0.15, 0.2) is 0 Å². The first-order chi connectivity index (χ1) is 38.0. The Kier molecular flexibility index (Phi) is 12.6. The maximum atomic E-state index is 7.39. The average molecular weight is 994 g/mol. The predicted molar refractivity (Wildman–Crippen MR) is 328 cm³/mol. The second-order valence-electron chi connectivity index (χ2n) is 21.2. The fraction of sp³-hybridized carbons (Fsp3) is 0.135. The van der Waals surface area contributed by atoms with E-state index in [1.165, 1.54) is 114 Å². The first-order valence-electron chi connectivity index (χ1n) is 27.8. The van der Waals surface area contributed by atoms with E-state index in [4.69, 9.17) is 5.73 Å². The number of nitrogens with zero attached hydrogens (tertiary/aromatic N) is 2. The molecule has 0 amide bonds. The molecule has 2 heterocycles. The number of para-hydroxylation sites is 4. The third-order valence-electron chi connectivity index (χ3n) is 16.5. The molecular formula is C74H63N3. The molecule has 0 unspecified atom stereocenters. The summed E-state index contributed by atoms with van der Waals surface area (Å²) in [5, 5.41) is 5.04. The van der Waals surface area contributed by atoms with Crippen molar-refractivity contribution in [1.82, 2.24) is 9.13 Å². The van der Waals surface area contributed by atoms with Gasteiger partial charge in [-0.25, -0.2) is 0 Å². The van der Waals surface area contributed by atoms with E-state index in [9.17, 15) is 0 Å². The highest BCUT2D eigenvalue weighted by Gasteiger charge is 2.42. The minimum Gasteiger partial charge on any atom is -0.398 e. The van der Waals surface area contributed by atoms with Crippen molar-refractivity contribution in [1.29, 1.82) is 0 Å². The molecule has 1 aliphatic rings. The quantitative estimate of drug-likeness (QED) is 0.102. The Morgan fingerprint density at radius 3 is 1.44 bits per heavy atom. The molecule has 0 saturated carbocycles. The molecule has 1 aliphatic carbocycles. The molecule has 3 nitrogen and oxygen atoms in total. The summed E-state index contributed by atoms with van der Waals surface area (Å²) < 4.78 is 4.79. The lowest BCUT2D eigenvalue weighted by Gasteiger charge is -2.33. The van der Waals surface area contributed by atoms with Gasteiger partial charge in [0.1, 0.15) is 0 Å². The molecule has 12 aromatic rings. The lowest BCUT2D eigenvalue weighted by Crippen LogP contribution is -2.25. The van der Waals surface area contributed by atoms with Crippen LogP contribution in [0.5, 0.6) is 0 Å². The lowest BCUT2D eigenvalue weighted by atomic mass is 9.70. The van der Waals surface area contributed by atoms with E-state index in [1.54, 1.807) is 0 Å². The summed E-state index contributed by atoms with van der Waals surface area (Å²) in [5.41, 5.74) is 30.1. The van der Waals surface area contributed by atoms with Gasteiger partial charge in [-0.3, -0.25) is 0 Å². The number of hydrogen-bond acceptors (Lipinski definition) is 1. The molecule has 3 heteroatoms. The predicted octanol–water partition coefficient (Wildman–Crippen LogP) is 19.5. The van der Waals surface area contributed by atoms with Crippen LogP contribution in [0.15, 0.2) is 249 Å². The van der Waals surface area contributed by atoms with Gasteiger partial charge in [0.2, 0.25) is 0 Å². The molecule has 0 spiro atoms. The summed E-state index contributed by atoms with van der Waals surface area (Å²) in [4.78, 5) is 0. The third-order valence-corrected chi connectivity index (χ3v) is 16.5. The molecule has 0 saturated heterocycles. The number of benzene rings is 10. The van der Waals surface area contributed by atoms with Crippen molar-refractivity contribution in [2.24, 2.45) is 5.73 Å². The van der Waals surface area contributed by atoms with Crippen LogP contribution in [-0.2, 0) is 11.8 Å². The normalized spacial score (nSPS) is 13.2. The standard InChI is InChI=1S/C74H63N3/c1-3-5-43-74(44-6-4-2)67-34-12-7-29-61(67)62-42-41-56(49-68(62)74)57(40-39-51-21-17-22-52(45-51)54-24-19-27-59(47-54)76-70-35-13-8-30-63(70)64-31-9-14-36-71(64)76)50-69(75)58-26-18-23-53(46-58)55-25-20-28-60(48-55)77-72-37-15-10-32-65(72)66-33-11-16-38-73(66)77/h7-38,40-42,45-50H,3-6,39,43-44,75H2,1-2H3/b57-40+,69-50-. The van der Waals surface area contributed by atoms with Gasteiger partial charge in [0.25, 0.3) is 0 Å². The number of unbranched alkanes of at least 4 members (excludes halogenated alkanes) is 2. The van der Waals surface area contributed by atoms with Crippen LogP contribution in [-0.4, -0.2) is 9.13 Å². The maximum Gasteiger partial charge on any atom is 0.0541 e. The van der Waals surface area contributed by atoms with Crippen LogP contribution in [0.25, 0.3) is 99.6 Å². The minimum absolute atomic E-state index is 0.0293. The molecule has 10 aromatic carbocycles. The van der Waals surface area contributed by atoms with Gasteiger partial charge >= 0.3 is 0 Å². The molecule has 77 heavy (non-hydrogen) atoms. The zero-order valence-corrected chi connectivity index (χ0v) is 44.1. The number of hydrogen-bond donors (Lipinski definition) is 1. The molecular weight excluding hydrogens is 931 g/mol. The fourth-order valence-corrected chi connectivity index (χ4v) is 12.8. The molecule has 2 N–H and O–H groups in total. The van der Waals surface area contributed by atoms with Crippen molar-refractivity contribution in [3.8, 4) is 44.8 Å². The van der Waals surface area contributed by atoms with E-state index < -0.39 is 0 Å². The topological polar surface area (TPSA) is 35.9 Å². The molecule has 2 aromatic heterocycles. The maximum absolute atomic E-state index is 7.39. The smallest absolute Gasteiger partial charge is 0.0541 e. The Bertz CT molecular complexity index is 4140. The highest BCUT2D eigenvalue weighted by Crippen LogP contribution is 2.54. The highest BCUT2D eigenvalue weighted by atomic mass is 15.0. The van der Waals surface area contributed by atoms with Crippen molar-refractivity contribution in [3.05, 3.63) is 277 Å². The van der Waals surface area contributed by atoms with Crippen molar-refractivity contribution >= 4 is 54.9 Å². The molecule has 0 bridgehead atoms. The van der Waals surface area contributed by atoms with Gasteiger partial charge < -0.3 is 14.9 Å². The molecule has 0 atom stereocenters. The molecule has 13 rings (SSSR count). The van der Waals surface area contributed by atoms with E-state index >= 15 is 0 Å². The summed E-state index contributed by atoms with van der Waals surface area (Å²) in [6.45, 7) is 4.66. The number of fused-ring (bicyclic) bond motifs is 9. The van der Waals surface area contributed by atoms with Crippen LogP contribution < -0.4 is 5.73 Å². The lowest BCUT2D eigenvalue weighted by molar-refractivity contribution is 0.414. The van der Waals surface area contributed by atoms with Crippen LogP contribution in [0.3, 0.4) is 0 Å². The van der Waals surface area contributed by atoms with Crippen molar-refractivity contribution in [2.75, 3.05) is 0 Å². The van der Waals surface area contributed by atoms with E-state index in [1.807, 2.05) is 0 Å². The summed E-state index contributed by atoms with van der Waals surface area (Å²) in [6.07, 6.45) is 12.4. The third kappa shape index (κ3) is 8.57. The number of nitrogens with two attached hydrogens (primary N) is 1. The molecule has 0 radical (unpaired) electrons. The zero-order valence-electron chi connectivity index (χ0n) is 44.1. The summed E-state index contributed by atoms with van der Waals surface area (Å²) in [7, 11) is 0. The van der Waals surface area contributed by atoms with Crippen molar-refractivity contribution < 1.29 is 0 Å². The number of rotatable bonds is 15. The van der Waals surface area contributed by atoms with Crippen LogP contribution in [0.4, 0.5) is 0 Å². The van der Waals surface area contributed by atoms with Gasteiger partial charge in [-0.1, -0.05) is 222 Å². The van der Waals surface area contributed by atoms with Gasteiger partial charge in [-0.15, -0.1) is 0 Å². The Balaban J connectivity index is 0.890. The van der Waals surface area contributed by atoms with Gasteiger partial charge in [0, 0.05) is 44.0 Å². The Morgan fingerprint density at radius 2 is 0.883 bits per heavy atom. The zero-order chi connectivity index (χ0) is 51.9. The monoisotopic (exact) mass is 994 g/mol. The minimum atomic E-state index is -0.0293. The van der Waals surface area contributed by atoms with Crippen LogP contribution >= 0.6 is 0 Å². The van der Waals surface area contributed by atoms with Gasteiger partial charge in [0.05, 0.1) is 22.1 Å². The SMILES string of the molecule is CCCCC1(CCCC)c2ccccc2-c2ccc(C(/C=C(\N)c3cccc(-c4cccc(-n5c6ccccc6c6ccccc65)c4)c3)=C/Cc3cccc(-c4cccc(-n5c6ccccc6c6ccccc65)c4)c3)cc21. The van der Waals surface area contributed by atoms with E-state index in [0.717, 1.165) is 58.6 Å². The first-order valence-corrected chi connectivity index (χ1v) is 27.8. The van der Waals surface area contributed by atoms with Crippen molar-refractivity contribution in [2.45, 2.75) is 64.2 Å².